The SMILES string of the molecule is C[C@@H]1CC[C@]2(OC1)O[C@@H]1[C@@H]3C=C[C@@H]4C[C@H](OC(=O)c5ccc([N+](=O)[O-])cc5)CC[C@]4(C)[C@@H]3CC[C@@H]1[C@@H]2C. The summed E-state index contributed by atoms with van der Waals surface area (Å²) in [4.78, 5) is 23.2. The standard InChI is InChI=1S/C30H39NO6/c1-18-12-15-30(35-17-18)19(2)24-10-11-26-25(27(24)37-30)9-6-21-16-23(13-14-29(21,26)3)36-28(32)20-4-7-22(8-5-20)31(33)34/h4-9,18-19,21,23-27H,10-17H2,1-3H3/t18-,19+,21-,23-,24-,25-,26-,27+,29+,30+/m1/s1. The second kappa shape index (κ2) is 9.19. The molecule has 2 heterocycles. The van der Waals surface area contributed by atoms with Crippen LogP contribution < -0.4 is 0 Å². The summed E-state index contributed by atoms with van der Waals surface area (Å²) >= 11 is 0. The fraction of sp³-hybridized carbons (Fsp3) is 0.700. The fourth-order valence-electron chi connectivity index (χ4n) is 8.35. The van der Waals surface area contributed by atoms with Crippen LogP contribution >= 0.6 is 0 Å². The molecule has 2 saturated carbocycles. The molecule has 3 aliphatic carbocycles. The van der Waals surface area contributed by atoms with Crippen LogP contribution in [0, 0.1) is 51.0 Å². The van der Waals surface area contributed by atoms with Crippen LogP contribution in [0.2, 0.25) is 0 Å². The Morgan fingerprint density at radius 2 is 1.86 bits per heavy atom. The molecule has 0 aromatic heterocycles. The number of carbonyl (C=O) groups is 1. The van der Waals surface area contributed by atoms with E-state index in [4.69, 9.17) is 14.2 Å². The number of nitro benzene ring substituents is 1. The van der Waals surface area contributed by atoms with E-state index in [0.29, 0.717) is 41.1 Å². The molecule has 0 N–H and O–H groups in total. The topological polar surface area (TPSA) is 87.9 Å². The van der Waals surface area contributed by atoms with Gasteiger partial charge in [-0.3, -0.25) is 10.1 Å². The van der Waals surface area contributed by atoms with Gasteiger partial charge >= 0.3 is 5.97 Å². The number of ether oxygens (including phenoxy) is 3. The lowest BCUT2D eigenvalue weighted by molar-refractivity contribution is -0.384. The predicted octanol–water partition coefficient (Wildman–Crippen LogP) is 6.32. The third-order valence-electron chi connectivity index (χ3n) is 10.7. The van der Waals surface area contributed by atoms with E-state index >= 15 is 0 Å². The Labute approximate surface area is 219 Å². The maximum atomic E-state index is 12.7. The van der Waals surface area contributed by atoms with E-state index in [0.717, 1.165) is 32.3 Å². The van der Waals surface area contributed by atoms with E-state index in [2.05, 4.69) is 32.9 Å². The highest BCUT2D eigenvalue weighted by atomic mass is 16.7. The summed E-state index contributed by atoms with van der Waals surface area (Å²) in [6.45, 7) is 7.86. The van der Waals surface area contributed by atoms with Gasteiger partial charge in [-0.05, 0) is 79.7 Å². The molecule has 0 bridgehead atoms. The Kier molecular flexibility index (Phi) is 6.22. The van der Waals surface area contributed by atoms with Gasteiger partial charge in [0.05, 0.1) is 23.2 Å². The van der Waals surface area contributed by atoms with Crippen molar-refractivity contribution in [2.75, 3.05) is 6.61 Å². The molecule has 37 heavy (non-hydrogen) atoms. The Morgan fingerprint density at radius 3 is 2.57 bits per heavy atom. The number of benzene rings is 1. The van der Waals surface area contributed by atoms with Crippen LogP contribution in [0.1, 0.15) is 76.1 Å². The van der Waals surface area contributed by atoms with Gasteiger partial charge in [0.2, 0.25) is 0 Å². The van der Waals surface area contributed by atoms with Crippen molar-refractivity contribution in [2.24, 2.45) is 40.9 Å². The number of nitro groups is 1. The molecule has 7 heteroatoms. The number of fused-ring (bicyclic) bond motifs is 5. The Bertz CT molecular complexity index is 1080. The lowest BCUT2D eigenvalue weighted by Gasteiger charge is -2.55. The van der Waals surface area contributed by atoms with E-state index in [1.807, 2.05) is 0 Å². The summed E-state index contributed by atoms with van der Waals surface area (Å²) in [5, 5.41) is 10.9. The number of non-ortho nitro benzene ring substituents is 1. The second-order valence-electron chi connectivity index (χ2n) is 12.7. The third kappa shape index (κ3) is 4.13. The van der Waals surface area contributed by atoms with E-state index in [1.165, 1.54) is 43.5 Å². The first-order chi connectivity index (χ1) is 17.7. The highest BCUT2D eigenvalue weighted by molar-refractivity contribution is 5.89. The van der Waals surface area contributed by atoms with Gasteiger partial charge in [-0.2, -0.15) is 0 Å². The smallest absolute Gasteiger partial charge is 0.338 e. The molecule has 0 amide bonds. The number of esters is 1. The molecule has 5 aliphatic rings. The van der Waals surface area contributed by atoms with Crippen LogP contribution in [0.4, 0.5) is 5.69 Å². The fourth-order valence-corrected chi connectivity index (χ4v) is 8.35. The minimum atomic E-state index is -0.465. The first-order valence-corrected chi connectivity index (χ1v) is 14.2. The molecular weight excluding hydrogens is 470 g/mol. The molecule has 1 spiro atoms. The maximum Gasteiger partial charge on any atom is 0.338 e. The number of allylic oxidation sites excluding steroid dienone is 1. The average Bonchev–Trinajstić information content (AvgIpc) is 3.17. The first-order valence-electron chi connectivity index (χ1n) is 14.2. The number of nitrogens with zero attached hydrogens (tertiary/aromatic N) is 1. The molecule has 6 rings (SSSR count). The number of carbonyl (C=O) groups excluding carboxylic acids is 1. The summed E-state index contributed by atoms with van der Waals surface area (Å²) in [5.41, 5.74) is 0.500. The molecule has 1 aromatic rings. The molecule has 4 fully saturated rings. The van der Waals surface area contributed by atoms with E-state index in [9.17, 15) is 14.9 Å². The first kappa shape index (κ1) is 25.1. The number of rotatable bonds is 3. The molecule has 2 aliphatic heterocycles. The maximum absolute atomic E-state index is 12.7. The Morgan fingerprint density at radius 1 is 1.08 bits per heavy atom. The van der Waals surface area contributed by atoms with Crippen molar-refractivity contribution in [3.63, 3.8) is 0 Å². The molecule has 2 saturated heterocycles. The van der Waals surface area contributed by atoms with Crippen LogP contribution in [-0.4, -0.2) is 35.5 Å². The van der Waals surface area contributed by atoms with Crippen molar-refractivity contribution >= 4 is 11.7 Å². The zero-order valence-corrected chi connectivity index (χ0v) is 22.1. The highest BCUT2D eigenvalue weighted by Gasteiger charge is 2.61. The van der Waals surface area contributed by atoms with Gasteiger partial charge in [0, 0.05) is 30.4 Å². The second-order valence-corrected chi connectivity index (χ2v) is 12.7. The van der Waals surface area contributed by atoms with Crippen molar-refractivity contribution in [1.82, 2.24) is 0 Å². The molecule has 1 aromatic carbocycles. The number of hydrogen-bond acceptors (Lipinski definition) is 6. The molecule has 10 atom stereocenters. The summed E-state index contributed by atoms with van der Waals surface area (Å²) < 4.78 is 19.2. The third-order valence-corrected chi connectivity index (χ3v) is 10.7. The highest BCUT2D eigenvalue weighted by Crippen LogP contribution is 2.62. The Hall–Kier alpha value is -2.25. The minimum absolute atomic E-state index is 0.0298. The monoisotopic (exact) mass is 509 g/mol. The average molecular weight is 510 g/mol. The van der Waals surface area contributed by atoms with E-state index < -0.39 is 16.7 Å². The molecule has 0 unspecified atom stereocenters. The van der Waals surface area contributed by atoms with Gasteiger partial charge in [0.15, 0.2) is 5.79 Å². The Balaban J connectivity index is 1.14. The molecular formula is C30H39NO6. The van der Waals surface area contributed by atoms with Crippen molar-refractivity contribution in [3.8, 4) is 0 Å². The molecule has 0 radical (unpaired) electrons. The van der Waals surface area contributed by atoms with Gasteiger partial charge < -0.3 is 14.2 Å². The van der Waals surface area contributed by atoms with E-state index in [1.54, 1.807) is 0 Å². The van der Waals surface area contributed by atoms with Crippen LogP contribution in [0.15, 0.2) is 36.4 Å². The van der Waals surface area contributed by atoms with Crippen molar-refractivity contribution in [1.29, 1.82) is 0 Å². The van der Waals surface area contributed by atoms with Crippen LogP contribution in [0.3, 0.4) is 0 Å². The lowest BCUT2D eigenvalue weighted by Crippen LogP contribution is -2.52. The van der Waals surface area contributed by atoms with Crippen LogP contribution in [0.25, 0.3) is 0 Å². The normalized spacial score (nSPS) is 44.5. The van der Waals surface area contributed by atoms with Gasteiger partial charge in [-0.25, -0.2) is 4.79 Å². The van der Waals surface area contributed by atoms with E-state index in [-0.39, 0.29) is 23.3 Å². The molecule has 7 nitrogen and oxygen atoms in total. The summed E-state index contributed by atoms with van der Waals surface area (Å²) in [5.74, 6) is 2.15. The van der Waals surface area contributed by atoms with Crippen LogP contribution in [-0.2, 0) is 14.2 Å². The van der Waals surface area contributed by atoms with Gasteiger partial charge in [-0.15, -0.1) is 0 Å². The molecule has 200 valence electrons. The van der Waals surface area contributed by atoms with Gasteiger partial charge in [-0.1, -0.05) is 32.9 Å². The zero-order valence-electron chi connectivity index (χ0n) is 22.1. The van der Waals surface area contributed by atoms with Crippen LogP contribution in [0.5, 0.6) is 0 Å². The van der Waals surface area contributed by atoms with Crippen molar-refractivity contribution in [3.05, 3.63) is 52.1 Å². The summed E-state index contributed by atoms with van der Waals surface area (Å²) in [6, 6.07) is 5.65. The minimum Gasteiger partial charge on any atom is -0.459 e. The van der Waals surface area contributed by atoms with Gasteiger partial charge in [0.25, 0.3) is 5.69 Å². The van der Waals surface area contributed by atoms with Crippen molar-refractivity contribution < 1.29 is 23.9 Å². The predicted molar refractivity (Wildman–Crippen MR) is 138 cm³/mol. The quantitative estimate of drug-likeness (QED) is 0.205. The summed E-state index contributed by atoms with van der Waals surface area (Å²) in [7, 11) is 0. The largest absolute Gasteiger partial charge is 0.459 e. The lowest BCUT2D eigenvalue weighted by atomic mass is 9.50. The van der Waals surface area contributed by atoms with Gasteiger partial charge in [0.1, 0.15) is 6.10 Å². The van der Waals surface area contributed by atoms with Crippen molar-refractivity contribution in [2.45, 2.75) is 83.7 Å². The number of hydrogen-bond donors (Lipinski definition) is 0. The summed E-state index contributed by atoms with van der Waals surface area (Å²) in [6.07, 6.45) is 12.2. The zero-order chi connectivity index (χ0) is 25.9.